The van der Waals surface area contributed by atoms with Gasteiger partial charge in [-0.15, -0.1) is 0 Å². The normalized spacial score (nSPS) is 18.6. The molecule has 130 valence electrons. The summed E-state index contributed by atoms with van der Waals surface area (Å²) in [5, 5.41) is 0. The third-order valence-corrected chi connectivity index (χ3v) is 4.99. The van der Waals surface area contributed by atoms with Crippen molar-refractivity contribution in [2.24, 2.45) is 5.73 Å². The Morgan fingerprint density at radius 3 is 2.84 bits per heavy atom. The van der Waals surface area contributed by atoms with E-state index in [0.717, 1.165) is 42.1 Å². The molecular formula is C20H22N2O3. The second kappa shape index (κ2) is 6.76. The number of nitrogens with zero attached hydrogens (tertiary/aromatic N) is 1. The predicted octanol–water partition coefficient (Wildman–Crippen LogP) is 2.43. The standard InChI is InChI=1S/C20H22N2O3/c21-11-15-3-1-2-14(8-15)9-20(23)22-7-6-17(12-22)16-4-5-18-19(10-16)25-13-24-18/h1-5,8,10,17H,6-7,9,11-13,21H2/t17-/m0/s1. The SMILES string of the molecule is NCc1cccc(CC(=O)N2CC[C@H](c3ccc4c(c3)OCO4)C2)c1. The van der Waals surface area contributed by atoms with Crippen LogP contribution in [0, 0.1) is 0 Å². The number of benzene rings is 2. The highest BCUT2D eigenvalue weighted by atomic mass is 16.7. The van der Waals surface area contributed by atoms with Gasteiger partial charge in [0.15, 0.2) is 11.5 Å². The lowest BCUT2D eigenvalue weighted by Gasteiger charge is -2.17. The third-order valence-electron chi connectivity index (χ3n) is 4.99. The van der Waals surface area contributed by atoms with Gasteiger partial charge in [-0.25, -0.2) is 0 Å². The van der Waals surface area contributed by atoms with E-state index in [1.54, 1.807) is 0 Å². The predicted molar refractivity (Wildman–Crippen MR) is 94.5 cm³/mol. The Kier molecular flexibility index (Phi) is 4.32. The van der Waals surface area contributed by atoms with Crippen LogP contribution in [0.25, 0.3) is 0 Å². The molecule has 5 nitrogen and oxygen atoms in total. The second-order valence-corrected chi connectivity index (χ2v) is 6.64. The number of nitrogens with two attached hydrogens (primary N) is 1. The van der Waals surface area contributed by atoms with Crippen molar-refractivity contribution >= 4 is 5.91 Å². The van der Waals surface area contributed by atoms with Gasteiger partial charge in [0.2, 0.25) is 12.7 Å². The van der Waals surface area contributed by atoms with Gasteiger partial charge in [-0.1, -0.05) is 30.3 Å². The number of carbonyl (C=O) groups excluding carboxylic acids is 1. The van der Waals surface area contributed by atoms with Crippen molar-refractivity contribution in [1.82, 2.24) is 4.90 Å². The Hall–Kier alpha value is -2.53. The van der Waals surface area contributed by atoms with Crippen LogP contribution in [-0.4, -0.2) is 30.7 Å². The zero-order valence-corrected chi connectivity index (χ0v) is 14.1. The Bertz CT molecular complexity index is 790. The van der Waals surface area contributed by atoms with Crippen molar-refractivity contribution in [2.45, 2.75) is 25.3 Å². The van der Waals surface area contributed by atoms with Gasteiger partial charge in [0.05, 0.1) is 6.42 Å². The Labute approximate surface area is 147 Å². The van der Waals surface area contributed by atoms with Crippen molar-refractivity contribution in [3.05, 3.63) is 59.2 Å². The molecule has 1 atom stereocenters. The van der Waals surface area contributed by atoms with Gasteiger partial charge in [0, 0.05) is 25.6 Å². The molecule has 2 N–H and O–H groups in total. The first-order valence-corrected chi connectivity index (χ1v) is 8.68. The van der Waals surface area contributed by atoms with Crippen molar-refractivity contribution in [3.8, 4) is 11.5 Å². The molecule has 2 heterocycles. The summed E-state index contributed by atoms with van der Waals surface area (Å²) in [7, 11) is 0. The summed E-state index contributed by atoms with van der Waals surface area (Å²) in [5.41, 5.74) is 8.98. The number of hydrogen-bond donors (Lipinski definition) is 1. The molecule has 0 aromatic heterocycles. The first-order valence-electron chi connectivity index (χ1n) is 8.68. The molecule has 2 aromatic rings. The highest BCUT2D eigenvalue weighted by molar-refractivity contribution is 5.79. The Morgan fingerprint density at radius 2 is 1.96 bits per heavy atom. The van der Waals surface area contributed by atoms with Gasteiger partial charge in [-0.2, -0.15) is 0 Å². The number of rotatable bonds is 4. The maximum Gasteiger partial charge on any atom is 0.231 e. The van der Waals surface area contributed by atoms with E-state index in [2.05, 4.69) is 6.07 Å². The summed E-state index contributed by atoms with van der Waals surface area (Å²) in [4.78, 5) is 14.6. The van der Waals surface area contributed by atoms with Crippen LogP contribution >= 0.6 is 0 Å². The van der Waals surface area contributed by atoms with Gasteiger partial charge in [-0.05, 0) is 35.2 Å². The number of carbonyl (C=O) groups is 1. The fourth-order valence-corrected chi connectivity index (χ4v) is 3.58. The Balaban J connectivity index is 1.40. The van der Waals surface area contributed by atoms with Crippen LogP contribution < -0.4 is 15.2 Å². The van der Waals surface area contributed by atoms with E-state index >= 15 is 0 Å². The molecule has 0 unspecified atom stereocenters. The van der Waals surface area contributed by atoms with E-state index in [4.69, 9.17) is 15.2 Å². The largest absolute Gasteiger partial charge is 0.454 e. The zero-order chi connectivity index (χ0) is 17.2. The van der Waals surface area contributed by atoms with Gasteiger partial charge in [-0.3, -0.25) is 4.79 Å². The average Bonchev–Trinajstić information content (AvgIpc) is 3.30. The van der Waals surface area contributed by atoms with Gasteiger partial charge in [0.1, 0.15) is 0 Å². The third kappa shape index (κ3) is 3.33. The molecule has 0 radical (unpaired) electrons. The van der Waals surface area contributed by atoms with Gasteiger partial charge < -0.3 is 20.1 Å². The van der Waals surface area contributed by atoms with Crippen LogP contribution in [0.5, 0.6) is 11.5 Å². The van der Waals surface area contributed by atoms with E-state index in [0.29, 0.717) is 18.9 Å². The molecule has 4 rings (SSSR count). The smallest absolute Gasteiger partial charge is 0.231 e. The fraction of sp³-hybridized carbons (Fsp3) is 0.350. The molecule has 0 aliphatic carbocycles. The van der Waals surface area contributed by atoms with E-state index in [-0.39, 0.29) is 12.7 Å². The van der Waals surface area contributed by atoms with Crippen molar-refractivity contribution in [3.63, 3.8) is 0 Å². The maximum atomic E-state index is 12.6. The first kappa shape index (κ1) is 16.0. The molecule has 1 amide bonds. The molecule has 5 heteroatoms. The highest BCUT2D eigenvalue weighted by Gasteiger charge is 2.28. The minimum Gasteiger partial charge on any atom is -0.454 e. The summed E-state index contributed by atoms with van der Waals surface area (Å²) < 4.78 is 10.8. The molecular weight excluding hydrogens is 316 g/mol. The van der Waals surface area contributed by atoms with Crippen molar-refractivity contribution < 1.29 is 14.3 Å². The monoisotopic (exact) mass is 338 g/mol. The van der Waals surface area contributed by atoms with Crippen molar-refractivity contribution in [1.29, 1.82) is 0 Å². The van der Waals surface area contributed by atoms with Crippen LogP contribution in [0.4, 0.5) is 0 Å². The molecule has 0 saturated carbocycles. The lowest BCUT2D eigenvalue weighted by atomic mass is 9.98. The minimum absolute atomic E-state index is 0.178. The van der Waals surface area contributed by atoms with Crippen LogP contribution in [0.15, 0.2) is 42.5 Å². The average molecular weight is 338 g/mol. The van der Waals surface area contributed by atoms with E-state index in [1.165, 1.54) is 5.56 Å². The topological polar surface area (TPSA) is 64.8 Å². The number of amides is 1. The number of ether oxygens (including phenoxy) is 2. The summed E-state index contributed by atoms with van der Waals surface area (Å²) in [6, 6.07) is 14.0. The molecule has 0 spiro atoms. The second-order valence-electron chi connectivity index (χ2n) is 6.64. The van der Waals surface area contributed by atoms with Crippen LogP contribution in [0.2, 0.25) is 0 Å². The minimum atomic E-state index is 0.178. The van der Waals surface area contributed by atoms with Crippen LogP contribution in [0.1, 0.15) is 29.0 Å². The number of fused-ring (bicyclic) bond motifs is 1. The molecule has 1 saturated heterocycles. The summed E-state index contributed by atoms with van der Waals surface area (Å²) in [6.45, 7) is 2.34. The summed E-state index contributed by atoms with van der Waals surface area (Å²) >= 11 is 0. The summed E-state index contributed by atoms with van der Waals surface area (Å²) in [5.74, 6) is 2.14. The van der Waals surface area contributed by atoms with Crippen LogP contribution in [0.3, 0.4) is 0 Å². The fourth-order valence-electron chi connectivity index (χ4n) is 3.58. The molecule has 25 heavy (non-hydrogen) atoms. The molecule has 1 fully saturated rings. The maximum absolute atomic E-state index is 12.6. The van der Waals surface area contributed by atoms with E-state index in [9.17, 15) is 4.79 Å². The lowest BCUT2D eigenvalue weighted by molar-refractivity contribution is -0.129. The zero-order valence-electron chi connectivity index (χ0n) is 14.1. The first-order chi connectivity index (χ1) is 12.2. The van der Waals surface area contributed by atoms with Gasteiger partial charge in [0.25, 0.3) is 0 Å². The molecule has 2 aromatic carbocycles. The summed E-state index contributed by atoms with van der Waals surface area (Å²) in [6.07, 6.45) is 1.41. The van der Waals surface area contributed by atoms with E-state index in [1.807, 2.05) is 41.3 Å². The number of likely N-dealkylation sites (tertiary alicyclic amines) is 1. The van der Waals surface area contributed by atoms with Crippen LogP contribution in [-0.2, 0) is 17.8 Å². The molecule has 2 aliphatic rings. The highest BCUT2D eigenvalue weighted by Crippen LogP contribution is 2.37. The molecule has 0 bridgehead atoms. The van der Waals surface area contributed by atoms with E-state index < -0.39 is 0 Å². The number of hydrogen-bond acceptors (Lipinski definition) is 4. The van der Waals surface area contributed by atoms with Crippen molar-refractivity contribution in [2.75, 3.05) is 19.9 Å². The quantitative estimate of drug-likeness (QED) is 0.930. The lowest BCUT2D eigenvalue weighted by Crippen LogP contribution is -2.29. The Morgan fingerprint density at radius 1 is 1.12 bits per heavy atom. The molecule has 2 aliphatic heterocycles. The van der Waals surface area contributed by atoms with Gasteiger partial charge >= 0.3 is 0 Å².